The van der Waals surface area contributed by atoms with Crippen LogP contribution in [0.15, 0.2) is 57.3 Å². The maximum atomic E-state index is 13.1. The number of aryl methyl sites for hydroxylation is 1. The quantitative estimate of drug-likeness (QED) is 0.657. The number of halogens is 1. The van der Waals surface area contributed by atoms with E-state index in [2.05, 4.69) is 21.7 Å². The molecule has 1 saturated carbocycles. The van der Waals surface area contributed by atoms with Crippen molar-refractivity contribution in [3.05, 3.63) is 82.1 Å². The third-order valence-corrected chi connectivity index (χ3v) is 5.81. The Morgan fingerprint density at radius 3 is 2.77 bits per heavy atom. The van der Waals surface area contributed by atoms with Crippen LogP contribution in [0.1, 0.15) is 47.4 Å². The van der Waals surface area contributed by atoms with Crippen molar-refractivity contribution >= 4 is 17.9 Å². The lowest BCUT2D eigenvalue weighted by Gasteiger charge is -2.34. The molecule has 0 spiro atoms. The van der Waals surface area contributed by atoms with E-state index in [-0.39, 0.29) is 18.4 Å². The van der Waals surface area contributed by atoms with Crippen molar-refractivity contribution in [3.8, 4) is 0 Å². The van der Waals surface area contributed by atoms with Crippen LogP contribution in [-0.2, 0) is 6.54 Å². The Kier molecular flexibility index (Phi) is 4.34. The average molecular weight is 405 g/mol. The van der Waals surface area contributed by atoms with Gasteiger partial charge in [-0.25, -0.2) is 19.2 Å². The van der Waals surface area contributed by atoms with Gasteiger partial charge in [0, 0.05) is 17.5 Å². The van der Waals surface area contributed by atoms with Crippen LogP contribution in [-0.4, -0.2) is 26.0 Å². The summed E-state index contributed by atoms with van der Waals surface area (Å²) >= 11 is 0. The molecule has 0 atom stereocenters. The molecular formula is C22H20FN5O2. The van der Waals surface area contributed by atoms with Crippen LogP contribution in [0.4, 0.5) is 10.2 Å². The van der Waals surface area contributed by atoms with Crippen molar-refractivity contribution in [1.82, 2.24) is 19.7 Å². The summed E-state index contributed by atoms with van der Waals surface area (Å²) in [5.41, 5.74) is 3.72. The number of hydrogen-bond donors (Lipinski definition) is 0. The molecule has 7 nitrogen and oxygen atoms in total. The van der Waals surface area contributed by atoms with Gasteiger partial charge in [-0.1, -0.05) is 18.7 Å². The van der Waals surface area contributed by atoms with Crippen molar-refractivity contribution in [3.63, 3.8) is 0 Å². The molecule has 0 bridgehead atoms. The van der Waals surface area contributed by atoms with Crippen LogP contribution in [0.3, 0.4) is 0 Å². The largest absolute Gasteiger partial charge is 0.437 e. The minimum Gasteiger partial charge on any atom is -0.390 e. The highest BCUT2D eigenvalue weighted by Crippen LogP contribution is 2.43. The maximum Gasteiger partial charge on any atom is 0.437 e. The van der Waals surface area contributed by atoms with E-state index >= 15 is 0 Å². The van der Waals surface area contributed by atoms with Gasteiger partial charge in [-0.15, -0.1) is 5.10 Å². The van der Waals surface area contributed by atoms with Crippen LogP contribution in [0.5, 0.6) is 0 Å². The van der Waals surface area contributed by atoms with Crippen molar-refractivity contribution in [2.24, 2.45) is 4.99 Å². The lowest BCUT2D eigenvalue weighted by Crippen LogP contribution is -2.32. The molecule has 0 N–H and O–H groups in total. The molecular weight excluding hydrogens is 385 g/mol. The second-order valence-corrected chi connectivity index (χ2v) is 7.73. The first kappa shape index (κ1) is 18.5. The Labute approximate surface area is 172 Å². The van der Waals surface area contributed by atoms with Gasteiger partial charge < -0.3 is 9.32 Å². The van der Waals surface area contributed by atoms with Gasteiger partial charge in [0.1, 0.15) is 12.4 Å². The monoisotopic (exact) mass is 405 g/mol. The lowest BCUT2D eigenvalue weighted by molar-refractivity contribution is 0.233. The van der Waals surface area contributed by atoms with Crippen molar-refractivity contribution in [2.75, 3.05) is 0 Å². The zero-order chi connectivity index (χ0) is 20.8. The predicted octanol–water partition coefficient (Wildman–Crippen LogP) is 3.94. The van der Waals surface area contributed by atoms with Crippen molar-refractivity contribution < 1.29 is 8.81 Å². The number of fused-ring (bicyclic) bond motifs is 1. The predicted molar refractivity (Wildman–Crippen MR) is 110 cm³/mol. The average Bonchev–Trinajstić information content (AvgIpc) is 3.04. The Balaban J connectivity index is 1.29. The minimum absolute atomic E-state index is 0.0181. The van der Waals surface area contributed by atoms with Crippen molar-refractivity contribution in [2.45, 2.75) is 38.3 Å². The van der Waals surface area contributed by atoms with E-state index in [1.54, 1.807) is 29.6 Å². The van der Waals surface area contributed by atoms with Crippen LogP contribution in [0.2, 0.25) is 0 Å². The number of nitrogens with zero attached hydrogens (tertiary/aromatic N) is 5. The van der Waals surface area contributed by atoms with E-state index in [0.29, 0.717) is 17.6 Å². The smallest absolute Gasteiger partial charge is 0.390 e. The van der Waals surface area contributed by atoms with Crippen LogP contribution < -0.4 is 5.76 Å². The molecule has 1 aromatic carbocycles. The molecule has 152 valence electrons. The third-order valence-electron chi connectivity index (χ3n) is 5.81. The first-order valence-corrected chi connectivity index (χ1v) is 9.79. The van der Waals surface area contributed by atoms with Crippen LogP contribution >= 0.6 is 0 Å². The summed E-state index contributed by atoms with van der Waals surface area (Å²) in [6.07, 6.45) is 4.89. The highest BCUT2D eigenvalue weighted by Gasteiger charge is 2.34. The molecule has 3 aromatic rings. The summed E-state index contributed by atoms with van der Waals surface area (Å²) < 4.78 is 19.9. The highest BCUT2D eigenvalue weighted by atomic mass is 19.1. The molecule has 1 aliphatic carbocycles. The van der Waals surface area contributed by atoms with Crippen LogP contribution in [0, 0.1) is 12.7 Å². The molecule has 30 heavy (non-hydrogen) atoms. The van der Waals surface area contributed by atoms with Gasteiger partial charge in [-0.3, -0.25) is 0 Å². The number of hydrogen-bond acceptors (Lipinski definition) is 6. The molecule has 2 aromatic heterocycles. The molecule has 0 saturated heterocycles. The van der Waals surface area contributed by atoms with E-state index in [9.17, 15) is 9.18 Å². The Hall–Kier alpha value is -3.55. The Bertz CT molecular complexity index is 1210. The maximum absolute atomic E-state index is 13.1. The molecule has 0 unspecified atom stereocenters. The molecule has 0 amide bonds. The van der Waals surface area contributed by atoms with Gasteiger partial charge in [-0.05, 0) is 55.0 Å². The third kappa shape index (κ3) is 3.14. The number of aliphatic imine (C=N–C) groups is 1. The van der Waals surface area contributed by atoms with Gasteiger partial charge in [0.2, 0.25) is 5.89 Å². The number of pyridine rings is 1. The Morgan fingerprint density at radius 2 is 2.00 bits per heavy atom. The number of aromatic nitrogens is 3. The van der Waals surface area contributed by atoms with Crippen molar-refractivity contribution in [1.29, 1.82) is 0 Å². The van der Waals surface area contributed by atoms with Crippen LogP contribution in [0.25, 0.3) is 5.70 Å². The summed E-state index contributed by atoms with van der Waals surface area (Å²) in [7, 11) is 0. The van der Waals surface area contributed by atoms with E-state index in [1.807, 2.05) is 13.0 Å². The summed E-state index contributed by atoms with van der Waals surface area (Å²) in [6, 6.07) is 8.41. The second-order valence-electron chi connectivity index (χ2n) is 7.73. The molecule has 1 aliphatic heterocycles. The topological polar surface area (TPSA) is 76.5 Å². The fourth-order valence-corrected chi connectivity index (χ4v) is 4.04. The highest BCUT2D eigenvalue weighted by molar-refractivity contribution is 5.86. The molecule has 5 rings (SSSR count). The molecule has 0 radical (unpaired) electrons. The SMILES string of the molecule is C=C1c2c(C)ccnc2N=CN1Cc1nn([C@H]2C[C@H](c3ccc(F)cc3)C2)c(=O)o1. The summed E-state index contributed by atoms with van der Waals surface area (Å²) in [6.45, 7) is 6.39. The normalized spacial score (nSPS) is 20.2. The van der Waals surface area contributed by atoms with E-state index < -0.39 is 5.76 Å². The summed E-state index contributed by atoms with van der Waals surface area (Å²) in [5, 5.41) is 4.40. The lowest BCUT2D eigenvalue weighted by atomic mass is 9.76. The molecule has 3 heterocycles. The van der Waals surface area contributed by atoms with Gasteiger partial charge >= 0.3 is 5.76 Å². The molecule has 1 fully saturated rings. The van der Waals surface area contributed by atoms with Gasteiger partial charge in [-0.2, -0.15) is 4.68 Å². The first-order valence-electron chi connectivity index (χ1n) is 9.79. The minimum atomic E-state index is -0.467. The fourth-order valence-electron chi connectivity index (χ4n) is 4.04. The number of rotatable bonds is 4. The van der Waals surface area contributed by atoms with E-state index in [0.717, 1.165) is 35.2 Å². The van der Waals surface area contributed by atoms with Gasteiger partial charge in [0.15, 0.2) is 5.82 Å². The first-order chi connectivity index (χ1) is 14.5. The summed E-state index contributed by atoms with van der Waals surface area (Å²) in [5.74, 6) is 0.518. The number of benzene rings is 1. The van der Waals surface area contributed by atoms with E-state index in [4.69, 9.17) is 4.42 Å². The van der Waals surface area contributed by atoms with Gasteiger partial charge in [0.05, 0.1) is 12.4 Å². The summed E-state index contributed by atoms with van der Waals surface area (Å²) in [4.78, 5) is 22.8. The molecule has 2 aliphatic rings. The standard InChI is InChI=1S/C22H20FN5O2/c1-13-7-8-24-21-20(13)14(2)27(12-25-21)11-19-26-28(22(29)30-19)18-9-16(10-18)15-3-5-17(23)6-4-15/h3-8,12,16,18H,2,9-11H2,1H3/t16-,18-. The zero-order valence-electron chi connectivity index (χ0n) is 16.5. The fraction of sp³-hybridized carbons (Fsp3) is 0.273. The second kappa shape index (κ2) is 7.05. The zero-order valence-corrected chi connectivity index (χ0v) is 16.5. The molecule has 8 heteroatoms. The Morgan fingerprint density at radius 1 is 1.23 bits per heavy atom. The van der Waals surface area contributed by atoms with Gasteiger partial charge in [0.25, 0.3) is 0 Å². The van der Waals surface area contributed by atoms with E-state index in [1.165, 1.54) is 16.8 Å².